The van der Waals surface area contributed by atoms with Gasteiger partial charge < -0.3 is 9.64 Å². The lowest BCUT2D eigenvalue weighted by molar-refractivity contribution is -0.125. The maximum absolute atomic E-state index is 13.3. The fraction of sp³-hybridized carbons (Fsp3) is 0.136. The van der Waals surface area contributed by atoms with Crippen molar-refractivity contribution in [3.63, 3.8) is 0 Å². The van der Waals surface area contributed by atoms with Crippen LogP contribution in [0, 0.1) is 0 Å². The molecule has 128 valence electrons. The monoisotopic (exact) mass is 361 g/mol. The third-order valence-electron chi connectivity index (χ3n) is 5.12. The molecule has 0 unspecified atom stereocenters. The summed E-state index contributed by atoms with van der Waals surface area (Å²) >= 11 is 6.29. The molecule has 2 atom stereocenters. The molecule has 5 rings (SSSR count). The Morgan fingerprint density at radius 2 is 1.69 bits per heavy atom. The van der Waals surface area contributed by atoms with Crippen LogP contribution in [-0.4, -0.2) is 12.0 Å². The number of carbonyl (C=O) groups is 1. The number of benzene rings is 3. The molecule has 0 spiro atoms. The number of hydrogen-bond donors (Lipinski definition) is 0. The number of amides is 1. The summed E-state index contributed by atoms with van der Waals surface area (Å²) in [5.41, 5.74) is 4.08. The van der Waals surface area contributed by atoms with E-state index in [-0.39, 0.29) is 11.8 Å². The molecule has 0 saturated carbocycles. The second-order valence-electron chi connectivity index (χ2n) is 6.67. The molecule has 3 aromatic carbocycles. The maximum Gasteiger partial charge on any atom is 0.269 e. The molecule has 1 amide bonds. The van der Waals surface area contributed by atoms with Gasteiger partial charge in [-0.15, -0.1) is 0 Å². The number of ether oxygens (including phenoxy) is 1. The van der Waals surface area contributed by atoms with Crippen LogP contribution in [0.3, 0.4) is 0 Å². The SMILES string of the molecule is O=C1[C@H]2Oc3ccccc3[C@@H]2c2cc(Cl)ccc2N1Cc1ccccc1. The van der Waals surface area contributed by atoms with E-state index in [0.29, 0.717) is 11.6 Å². The lowest BCUT2D eigenvalue weighted by atomic mass is 9.83. The summed E-state index contributed by atoms with van der Waals surface area (Å²) in [6.45, 7) is 0.511. The number of fused-ring (bicyclic) bond motifs is 5. The number of nitrogens with zero attached hydrogens (tertiary/aromatic N) is 1. The summed E-state index contributed by atoms with van der Waals surface area (Å²) in [6, 6.07) is 23.6. The molecule has 0 fully saturated rings. The summed E-state index contributed by atoms with van der Waals surface area (Å²) in [5.74, 6) is 0.660. The van der Waals surface area contributed by atoms with Crippen molar-refractivity contribution in [1.29, 1.82) is 0 Å². The Hall–Kier alpha value is -2.78. The molecule has 0 radical (unpaired) electrons. The first-order chi connectivity index (χ1) is 12.7. The van der Waals surface area contributed by atoms with Crippen LogP contribution < -0.4 is 9.64 Å². The summed E-state index contributed by atoms with van der Waals surface area (Å²) in [6.07, 6.45) is -0.540. The minimum absolute atomic E-state index is 0.00937. The first kappa shape index (κ1) is 15.5. The van der Waals surface area contributed by atoms with Crippen LogP contribution in [0.2, 0.25) is 5.02 Å². The summed E-state index contributed by atoms with van der Waals surface area (Å²) in [4.78, 5) is 15.1. The van der Waals surface area contributed by atoms with Gasteiger partial charge in [-0.1, -0.05) is 60.1 Å². The lowest BCUT2D eigenvalue weighted by Crippen LogP contribution is -2.47. The minimum Gasteiger partial charge on any atom is -0.479 e. The molecule has 3 aromatic rings. The molecule has 0 saturated heterocycles. The first-order valence-corrected chi connectivity index (χ1v) is 9.00. The van der Waals surface area contributed by atoms with Crippen molar-refractivity contribution in [3.05, 3.63) is 94.5 Å². The molecule has 0 N–H and O–H groups in total. The second-order valence-corrected chi connectivity index (χ2v) is 7.10. The molecule has 0 bridgehead atoms. The van der Waals surface area contributed by atoms with Gasteiger partial charge in [-0.25, -0.2) is 0 Å². The van der Waals surface area contributed by atoms with Crippen LogP contribution >= 0.6 is 11.6 Å². The van der Waals surface area contributed by atoms with E-state index in [4.69, 9.17) is 16.3 Å². The predicted octanol–water partition coefficient (Wildman–Crippen LogP) is 4.78. The first-order valence-electron chi connectivity index (χ1n) is 8.63. The van der Waals surface area contributed by atoms with Crippen LogP contribution in [-0.2, 0) is 11.3 Å². The fourth-order valence-corrected chi connectivity index (χ4v) is 4.14. The van der Waals surface area contributed by atoms with Crippen molar-refractivity contribution in [1.82, 2.24) is 0 Å². The van der Waals surface area contributed by atoms with E-state index in [1.807, 2.05) is 77.7 Å². The second kappa shape index (κ2) is 5.89. The van der Waals surface area contributed by atoms with Gasteiger partial charge in [0.25, 0.3) is 5.91 Å². The zero-order chi connectivity index (χ0) is 17.7. The molecule has 0 aromatic heterocycles. The van der Waals surface area contributed by atoms with Crippen LogP contribution in [0.15, 0.2) is 72.8 Å². The van der Waals surface area contributed by atoms with Crippen LogP contribution in [0.5, 0.6) is 5.75 Å². The van der Waals surface area contributed by atoms with Gasteiger partial charge in [-0.05, 0) is 35.4 Å². The number of carbonyl (C=O) groups excluding carboxylic acids is 1. The van der Waals surface area contributed by atoms with Crippen molar-refractivity contribution in [2.45, 2.75) is 18.6 Å². The van der Waals surface area contributed by atoms with Crippen LogP contribution in [0.25, 0.3) is 0 Å². The molecule has 2 aliphatic heterocycles. The highest BCUT2D eigenvalue weighted by atomic mass is 35.5. The molecular weight excluding hydrogens is 346 g/mol. The molecule has 2 heterocycles. The van der Waals surface area contributed by atoms with Gasteiger partial charge in [-0.2, -0.15) is 0 Å². The third kappa shape index (κ3) is 2.31. The van der Waals surface area contributed by atoms with Crippen molar-refractivity contribution >= 4 is 23.2 Å². The average molecular weight is 362 g/mol. The van der Waals surface area contributed by atoms with E-state index < -0.39 is 6.10 Å². The van der Waals surface area contributed by atoms with E-state index in [1.54, 1.807) is 0 Å². The average Bonchev–Trinajstić information content (AvgIpc) is 3.06. The van der Waals surface area contributed by atoms with Gasteiger partial charge >= 0.3 is 0 Å². The van der Waals surface area contributed by atoms with Gasteiger partial charge in [0.1, 0.15) is 5.75 Å². The number of rotatable bonds is 2. The Labute approximate surface area is 156 Å². The highest BCUT2D eigenvalue weighted by Gasteiger charge is 2.47. The number of halogens is 1. The standard InChI is InChI=1S/C22H16ClNO2/c23-15-10-11-18-17(12-15)20-16-8-4-5-9-19(16)26-21(20)22(25)24(18)13-14-6-2-1-3-7-14/h1-12,20-21H,13H2/t20-,21+/m1/s1. The minimum atomic E-state index is -0.540. The smallest absolute Gasteiger partial charge is 0.269 e. The van der Waals surface area contributed by atoms with Gasteiger partial charge in [0.2, 0.25) is 0 Å². The van der Waals surface area contributed by atoms with Crippen LogP contribution in [0.1, 0.15) is 22.6 Å². The molecule has 26 heavy (non-hydrogen) atoms. The quantitative estimate of drug-likeness (QED) is 0.657. The van der Waals surface area contributed by atoms with E-state index in [2.05, 4.69) is 0 Å². The number of para-hydroxylation sites is 1. The Morgan fingerprint density at radius 3 is 2.54 bits per heavy atom. The molecule has 2 aliphatic rings. The van der Waals surface area contributed by atoms with Crippen LogP contribution in [0.4, 0.5) is 5.69 Å². The van der Waals surface area contributed by atoms with Crippen molar-refractivity contribution in [2.24, 2.45) is 0 Å². The van der Waals surface area contributed by atoms with Gasteiger partial charge in [0, 0.05) is 16.3 Å². The number of anilines is 1. The van der Waals surface area contributed by atoms with Crippen molar-refractivity contribution < 1.29 is 9.53 Å². The highest BCUT2D eigenvalue weighted by Crippen LogP contribution is 2.49. The van der Waals surface area contributed by atoms with Gasteiger partial charge in [-0.3, -0.25) is 4.79 Å². The van der Waals surface area contributed by atoms with E-state index in [1.165, 1.54) is 0 Å². The predicted molar refractivity (Wildman–Crippen MR) is 102 cm³/mol. The van der Waals surface area contributed by atoms with Crippen molar-refractivity contribution in [3.8, 4) is 5.75 Å². The zero-order valence-electron chi connectivity index (χ0n) is 13.9. The van der Waals surface area contributed by atoms with E-state index in [9.17, 15) is 4.79 Å². The van der Waals surface area contributed by atoms with Gasteiger partial charge in [0.15, 0.2) is 6.10 Å². The topological polar surface area (TPSA) is 29.5 Å². The lowest BCUT2D eigenvalue weighted by Gasteiger charge is -2.36. The maximum atomic E-state index is 13.3. The van der Waals surface area contributed by atoms with Gasteiger partial charge in [0.05, 0.1) is 12.5 Å². The summed E-state index contributed by atoms with van der Waals surface area (Å²) in [7, 11) is 0. The third-order valence-corrected chi connectivity index (χ3v) is 5.35. The molecule has 0 aliphatic carbocycles. The highest BCUT2D eigenvalue weighted by molar-refractivity contribution is 6.30. The number of hydrogen-bond acceptors (Lipinski definition) is 2. The summed E-state index contributed by atoms with van der Waals surface area (Å²) in [5, 5.41) is 0.667. The zero-order valence-corrected chi connectivity index (χ0v) is 14.7. The summed E-state index contributed by atoms with van der Waals surface area (Å²) < 4.78 is 6.05. The Kier molecular flexibility index (Phi) is 3.50. The Balaban J connectivity index is 1.65. The Bertz CT molecular complexity index is 1000. The largest absolute Gasteiger partial charge is 0.479 e. The Morgan fingerprint density at radius 1 is 0.923 bits per heavy atom. The van der Waals surface area contributed by atoms with Crippen molar-refractivity contribution in [2.75, 3.05) is 4.90 Å². The van der Waals surface area contributed by atoms with E-state index in [0.717, 1.165) is 28.1 Å². The van der Waals surface area contributed by atoms with E-state index >= 15 is 0 Å². The molecule has 4 heteroatoms. The normalized spacial score (nSPS) is 20.2. The molecular formula is C22H16ClNO2. The fourth-order valence-electron chi connectivity index (χ4n) is 3.96. The molecule has 3 nitrogen and oxygen atoms in total.